The maximum Gasteiger partial charge on any atom is 0.306 e. The summed E-state index contributed by atoms with van der Waals surface area (Å²) < 4.78 is 41.6. The molecule has 0 saturated heterocycles. The van der Waals surface area contributed by atoms with Gasteiger partial charge in [0.2, 0.25) is 5.78 Å². The topological polar surface area (TPSA) is 165 Å². The Morgan fingerprint density at radius 1 is 1.13 bits per heavy atom. The Balaban J connectivity index is 2.02. The van der Waals surface area contributed by atoms with E-state index in [-0.39, 0.29) is 30.5 Å². The molecule has 0 spiro atoms. The number of likely N-dealkylation sites (N-methyl/N-ethyl adjacent to an activating group) is 1. The van der Waals surface area contributed by atoms with Gasteiger partial charge in [-0.1, -0.05) is 0 Å². The SMILES string of the molecule is CN(C)Cc1cc(C(F)=C(F)F)c2c(c1O)C(=O)C1=C(O)[C@]3(O)C(=O)C(C(N)=O)=C(O)[C@@H](N(C)C)[C@@H]3C[C@@H]1C2. The molecule has 3 aliphatic carbocycles. The lowest BCUT2D eigenvalue weighted by Crippen LogP contribution is -2.63. The minimum atomic E-state index is -2.85. The zero-order chi connectivity index (χ0) is 29.3. The maximum absolute atomic E-state index is 14.7. The van der Waals surface area contributed by atoms with Crippen LogP contribution in [-0.2, 0) is 22.6 Å². The van der Waals surface area contributed by atoms with Crippen molar-refractivity contribution in [3.8, 4) is 5.75 Å². The summed E-state index contributed by atoms with van der Waals surface area (Å²) in [6, 6.07) is -0.185. The minimum Gasteiger partial charge on any atom is -0.510 e. The standard InChI is InChI=1S/C26H28F3N3O7/c1-31(2)8-10-6-12(17(27)24(28)29)11-5-9-7-13-18(32(3)4)21(35)16(25(30)38)23(37)26(13,39)22(36)14(9)20(34)15(11)19(10)33/h6,9,13,18,33,35-36,39H,5,7-8H2,1-4H3,(H2,30,38)/t9-,13-,18-,26-/m0/s1. The third kappa shape index (κ3) is 4.03. The van der Waals surface area contributed by atoms with E-state index in [9.17, 15) is 48.0 Å². The molecule has 0 heterocycles. The Morgan fingerprint density at radius 2 is 1.74 bits per heavy atom. The number of hydrogen-bond donors (Lipinski definition) is 5. The van der Waals surface area contributed by atoms with Gasteiger partial charge in [-0.05, 0) is 58.6 Å². The number of aliphatic hydroxyl groups excluding tert-OH is 2. The van der Waals surface area contributed by atoms with Gasteiger partial charge >= 0.3 is 6.08 Å². The zero-order valence-corrected chi connectivity index (χ0v) is 21.5. The van der Waals surface area contributed by atoms with Gasteiger partial charge in [0.05, 0.1) is 11.6 Å². The monoisotopic (exact) mass is 551 g/mol. The number of phenolic OH excluding ortho intramolecular Hbond substituents is 1. The number of amides is 1. The summed E-state index contributed by atoms with van der Waals surface area (Å²) in [6.45, 7) is -0.0594. The fourth-order valence-electron chi connectivity index (χ4n) is 6.13. The second-order valence-electron chi connectivity index (χ2n) is 10.6. The van der Waals surface area contributed by atoms with E-state index in [2.05, 4.69) is 0 Å². The average molecular weight is 552 g/mol. The summed E-state index contributed by atoms with van der Waals surface area (Å²) in [4.78, 5) is 42.1. The van der Waals surface area contributed by atoms with Gasteiger partial charge in [-0.15, -0.1) is 0 Å². The van der Waals surface area contributed by atoms with Crippen molar-refractivity contribution < 1.29 is 48.0 Å². The molecule has 0 aromatic heterocycles. The Morgan fingerprint density at radius 3 is 2.26 bits per heavy atom. The number of benzene rings is 1. The van der Waals surface area contributed by atoms with Gasteiger partial charge in [0.15, 0.2) is 17.2 Å². The first kappa shape index (κ1) is 28.3. The zero-order valence-electron chi connectivity index (χ0n) is 21.5. The van der Waals surface area contributed by atoms with Gasteiger partial charge in [0.1, 0.15) is 22.8 Å². The van der Waals surface area contributed by atoms with Crippen molar-refractivity contribution in [2.75, 3.05) is 28.2 Å². The Bertz CT molecular complexity index is 1410. The Hall–Kier alpha value is -3.68. The summed E-state index contributed by atoms with van der Waals surface area (Å²) in [5, 5.41) is 44.7. The van der Waals surface area contributed by atoms with Crippen LogP contribution in [0.5, 0.6) is 5.75 Å². The van der Waals surface area contributed by atoms with E-state index in [0.717, 1.165) is 6.07 Å². The van der Waals surface area contributed by atoms with Gasteiger partial charge in [-0.2, -0.15) is 8.78 Å². The van der Waals surface area contributed by atoms with Crippen LogP contribution in [-0.4, -0.2) is 87.5 Å². The lowest BCUT2D eigenvalue weighted by atomic mass is 9.58. The molecular weight excluding hydrogens is 523 g/mol. The molecule has 0 aliphatic heterocycles. The molecule has 0 bridgehead atoms. The molecule has 10 nitrogen and oxygen atoms in total. The summed E-state index contributed by atoms with van der Waals surface area (Å²) in [7, 11) is 6.14. The van der Waals surface area contributed by atoms with Crippen LogP contribution >= 0.6 is 0 Å². The number of fused-ring (bicyclic) bond motifs is 3. The van der Waals surface area contributed by atoms with Gasteiger partial charge in [0, 0.05) is 29.2 Å². The second kappa shape index (κ2) is 9.50. The summed E-state index contributed by atoms with van der Waals surface area (Å²) >= 11 is 0. The van der Waals surface area contributed by atoms with Crippen molar-refractivity contribution in [2.24, 2.45) is 17.6 Å². The number of phenols is 1. The van der Waals surface area contributed by atoms with Gasteiger partial charge in [-0.3, -0.25) is 19.3 Å². The average Bonchev–Trinajstić information content (AvgIpc) is 2.81. The van der Waals surface area contributed by atoms with Crippen molar-refractivity contribution >= 4 is 23.3 Å². The number of carbonyl (C=O) groups is 3. The number of rotatable bonds is 5. The minimum absolute atomic E-state index is 0.0466. The number of aromatic hydroxyl groups is 1. The molecule has 1 aromatic rings. The molecule has 0 fully saturated rings. The fraction of sp³-hybridized carbons (Fsp3) is 0.423. The molecule has 4 rings (SSSR count). The molecular formula is C26H28F3N3O7. The summed E-state index contributed by atoms with van der Waals surface area (Å²) in [6.07, 6.45) is -3.21. The maximum atomic E-state index is 14.7. The van der Waals surface area contributed by atoms with Crippen molar-refractivity contribution in [2.45, 2.75) is 31.0 Å². The van der Waals surface area contributed by atoms with E-state index < -0.39 is 92.4 Å². The van der Waals surface area contributed by atoms with Crippen LogP contribution < -0.4 is 5.73 Å². The van der Waals surface area contributed by atoms with Gasteiger partial charge in [-0.25, -0.2) is 4.39 Å². The lowest BCUT2D eigenvalue weighted by Gasteiger charge is -2.50. The van der Waals surface area contributed by atoms with Crippen LogP contribution in [0.25, 0.3) is 5.83 Å². The molecule has 210 valence electrons. The van der Waals surface area contributed by atoms with Crippen LogP contribution in [0.15, 0.2) is 34.8 Å². The fourth-order valence-corrected chi connectivity index (χ4v) is 6.13. The van der Waals surface area contributed by atoms with Crippen LogP contribution in [0.2, 0.25) is 0 Å². The smallest absolute Gasteiger partial charge is 0.306 e. The first-order chi connectivity index (χ1) is 18.0. The summed E-state index contributed by atoms with van der Waals surface area (Å²) in [5.41, 5.74) is -0.385. The molecule has 0 radical (unpaired) electrons. The van der Waals surface area contributed by atoms with Crippen molar-refractivity contribution in [1.82, 2.24) is 9.80 Å². The third-order valence-electron chi connectivity index (χ3n) is 7.69. The number of Topliss-reactive ketones (excluding diaryl/α,β-unsaturated/α-hetero) is 2. The second-order valence-corrected chi connectivity index (χ2v) is 10.6. The first-order valence-electron chi connectivity index (χ1n) is 11.9. The molecule has 39 heavy (non-hydrogen) atoms. The van der Waals surface area contributed by atoms with Crippen molar-refractivity contribution in [3.05, 3.63) is 57.1 Å². The molecule has 13 heteroatoms. The predicted octanol–water partition coefficient (Wildman–Crippen LogP) is 1.72. The number of nitrogens with zero attached hydrogens (tertiary/aromatic N) is 2. The number of hydrogen-bond acceptors (Lipinski definition) is 9. The highest BCUT2D eigenvalue weighted by molar-refractivity contribution is 6.24. The normalized spacial score (nSPS) is 26.6. The number of nitrogens with two attached hydrogens (primary N) is 1. The highest BCUT2D eigenvalue weighted by Crippen LogP contribution is 2.53. The highest BCUT2D eigenvalue weighted by Gasteiger charge is 2.63. The largest absolute Gasteiger partial charge is 0.510 e. The summed E-state index contributed by atoms with van der Waals surface area (Å²) in [5.74, 6) is -10.5. The number of primary amides is 1. The van der Waals surface area contributed by atoms with E-state index >= 15 is 0 Å². The van der Waals surface area contributed by atoms with Crippen LogP contribution in [0, 0.1) is 11.8 Å². The van der Waals surface area contributed by atoms with Crippen molar-refractivity contribution in [3.63, 3.8) is 0 Å². The first-order valence-corrected chi connectivity index (χ1v) is 11.9. The molecule has 0 saturated carbocycles. The van der Waals surface area contributed by atoms with E-state index in [1.807, 2.05) is 0 Å². The van der Waals surface area contributed by atoms with Crippen molar-refractivity contribution in [1.29, 1.82) is 0 Å². The van der Waals surface area contributed by atoms with Gasteiger partial charge in [0.25, 0.3) is 5.91 Å². The number of ketones is 2. The third-order valence-corrected chi connectivity index (χ3v) is 7.69. The Labute approximate surface area is 221 Å². The van der Waals surface area contributed by atoms with E-state index in [0.29, 0.717) is 0 Å². The van der Waals surface area contributed by atoms with E-state index in [1.54, 1.807) is 19.0 Å². The van der Waals surface area contributed by atoms with E-state index in [1.165, 1.54) is 19.0 Å². The molecule has 3 aliphatic rings. The number of halogens is 3. The number of aliphatic hydroxyl groups is 3. The van der Waals surface area contributed by atoms with Crippen LogP contribution in [0.4, 0.5) is 13.2 Å². The quantitative estimate of drug-likeness (QED) is 0.343. The lowest BCUT2D eigenvalue weighted by molar-refractivity contribution is -0.148. The molecule has 1 amide bonds. The Kier molecular flexibility index (Phi) is 6.90. The molecule has 1 aromatic carbocycles. The molecule has 6 N–H and O–H groups in total. The number of carbonyl (C=O) groups excluding carboxylic acids is 3. The molecule has 0 unspecified atom stereocenters. The van der Waals surface area contributed by atoms with Gasteiger partial charge < -0.3 is 31.1 Å². The van der Waals surface area contributed by atoms with Crippen LogP contribution in [0.1, 0.15) is 33.5 Å². The molecule has 4 atom stereocenters. The predicted molar refractivity (Wildman–Crippen MR) is 131 cm³/mol. The van der Waals surface area contributed by atoms with Crippen LogP contribution in [0.3, 0.4) is 0 Å². The highest BCUT2D eigenvalue weighted by atomic mass is 19.3. The number of allylic oxidation sites excluding steroid dienone is 1. The van der Waals surface area contributed by atoms with E-state index in [4.69, 9.17) is 5.73 Å².